The Hall–Kier alpha value is -2.32. The molecule has 1 aliphatic rings. The summed E-state index contributed by atoms with van der Waals surface area (Å²) in [5.74, 6) is 2.04. The van der Waals surface area contributed by atoms with Crippen molar-refractivity contribution in [3.05, 3.63) is 53.6 Å². The molecule has 0 radical (unpaired) electrons. The van der Waals surface area contributed by atoms with Crippen molar-refractivity contribution in [2.45, 2.75) is 18.7 Å². The summed E-state index contributed by atoms with van der Waals surface area (Å²) in [4.78, 5) is 2.27. The van der Waals surface area contributed by atoms with Gasteiger partial charge in [0.25, 0.3) is 0 Å². The van der Waals surface area contributed by atoms with Crippen molar-refractivity contribution >= 4 is 0 Å². The van der Waals surface area contributed by atoms with Crippen molar-refractivity contribution in [1.29, 1.82) is 0 Å². The molecule has 2 atom stereocenters. The van der Waals surface area contributed by atoms with Crippen LogP contribution in [0, 0.1) is 0 Å². The van der Waals surface area contributed by atoms with Crippen LogP contribution in [0.5, 0.6) is 17.2 Å². The van der Waals surface area contributed by atoms with Crippen molar-refractivity contribution in [2.24, 2.45) is 0 Å². The van der Waals surface area contributed by atoms with E-state index in [2.05, 4.69) is 4.90 Å². The van der Waals surface area contributed by atoms with Crippen LogP contribution in [-0.4, -0.2) is 68.4 Å². The SMILES string of the molecule is COc1ccc(C2C(CO)OCCN2Cc2ccccc2OCCO)cc1OC. The molecule has 0 bridgehead atoms. The summed E-state index contributed by atoms with van der Waals surface area (Å²) in [7, 11) is 3.21. The lowest BCUT2D eigenvalue weighted by Gasteiger charge is -2.41. The van der Waals surface area contributed by atoms with E-state index in [0.29, 0.717) is 31.2 Å². The normalized spacial score (nSPS) is 19.7. The zero-order valence-electron chi connectivity index (χ0n) is 16.9. The number of ether oxygens (including phenoxy) is 4. The second-order valence-electron chi connectivity index (χ2n) is 6.80. The van der Waals surface area contributed by atoms with Crippen LogP contribution in [0.2, 0.25) is 0 Å². The Morgan fingerprint density at radius 3 is 2.55 bits per heavy atom. The van der Waals surface area contributed by atoms with Crippen LogP contribution in [0.3, 0.4) is 0 Å². The highest BCUT2D eigenvalue weighted by atomic mass is 16.5. The van der Waals surface area contributed by atoms with Crippen molar-refractivity contribution in [2.75, 3.05) is 47.2 Å². The molecule has 2 aromatic carbocycles. The van der Waals surface area contributed by atoms with Gasteiger partial charge in [0.15, 0.2) is 11.5 Å². The number of nitrogens with zero attached hydrogens (tertiary/aromatic N) is 1. The Morgan fingerprint density at radius 2 is 1.83 bits per heavy atom. The van der Waals surface area contributed by atoms with Gasteiger partial charge in [-0.25, -0.2) is 0 Å². The van der Waals surface area contributed by atoms with Crippen LogP contribution in [0.15, 0.2) is 42.5 Å². The molecule has 0 aliphatic carbocycles. The largest absolute Gasteiger partial charge is 0.493 e. The van der Waals surface area contributed by atoms with Crippen LogP contribution in [-0.2, 0) is 11.3 Å². The molecule has 29 heavy (non-hydrogen) atoms. The molecule has 0 spiro atoms. The fraction of sp³-hybridized carbons (Fsp3) is 0.455. The number of para-hydroxylation sites is 1. The molecular formula is C22H29NO6. The summed E-state index contributed by atoms with van der Waals surface area (Å²) < 4.78 is 22.4. The van der Waals surface area contributed by atoms with E-state index in [-0.39, 0.29) is 32.0 Å². The van der Waals surface area contributed by atoms with Gasteiger partial charge in [-0.15, -0.1) is 0 Å². The van der Waals surface area contributed by atoms with Crippen LogP contribution in [0.25, 0.3) is 0 Å². The summed E-state index contributed by atoms with van der Waals surface area (Å²) in [5, 5.41) is 19.0. The van der Waals surface area contributed by atoms with Gasteiger partial charge in [0.1, 0.15) is 18.5 Å². The van der Waals surface area contributed by atoms with Gasteiger partial charge in [-0.3, -0.25) is 4.90 Å². The summed E-state index contributed by atoms with van der Waals surface area (Å²) in [6.45, 7) is 2.00. The Kier molecular flexibility index (Phi) is 7.71. The summed E-state index contributed by atoms with van der Waals surface area (Å²) in [6, 6.07) is 13.4. The van der Waals surface area contributed by atoms with Crippen LogP contribution in [0.1, 0.15) is 17.2 Å². The maximum Gasteiger partial charge on any atom is 0.161 e. The molecule has 0 amide bonds. The fourth-order valence-corrected chi connectivity index (χ4v) is 3.73. The van der Waals surface area contributed by atoms with E-state index in [0.717, 1.165) is 16.9 Å². The van der Waals surface area contributed by atoms with Gasteiger partial charge in [-0.1, -0.05) is 24.3 Å². The van der Waals surface area contributed by atoms with E-state index < -0.39 is 0 Å². The maximum absolute atomic E-state index is 9.94. The highest BCUT2D eigenvalue weighted by Gasteiger charge is 2.34. The van der Waals surface area contributed by atoms with Crippen molar-refractivity contribution in [3.63, 3.8) is 0 Å². The quantitative estimate of drug-likeness (QED) is 0.663. The third-order valence-electron chi connectivity index (χ3n) is 5.08. The first kappa shape index (κ1) is 21.4. The lowest BCUT2D eigenvalue weighted by Crippen LogP contribution is -2.46. The van der Waals surface area contributed by atoms with E-state index in [1.807, 2.05) is 42.5 Å². The molecule has 158 valence electrons. The zero-order chi connectivity index (χ0) is 20.6. The molecule has 1 aliphatic heterocycles. The Morgan fingerprint density at radius 1 is 1.03 bits per heavy atom. The Balaban J connectivity index is 1.91. The standard InChI is InChI=1S/C22H29NO6/c1-26-19-8-7-16(13-20(19)27-2)22-21(15-25)28-11-9-23(22)14-17-5-3-4-6-18(17)29-12-10-24/h3-8,13,21-22,24-25H,9-12,14-15H2,1-2H3. The van der Waals surface area contributed by atoms with Gasteiger partial charge in [0.05, 0.1) is 40.1 Å². The highest BCUT2D eigenvalue weighted by Crippen LogP contribution is 2.37. The number of aliphatic hydroxyl groups is 2. The maximum atomic E-state index is 9.94. The smallest absolute Gasteiger partial charge is 0.161 e. The van der Waals surface area contributed by atoms with E-state index in [9.17, 15) is 5.11 Å². The topological polar surface area (TPSA) is 80.6 Å². The minimum atomic E-state index is -0.354. The Labute approximate surface area is 171 Å². The molecule has 7 nitrogen and oxygen atoms in total. The van der Waals surface area contributed by atoms with E-state index >= 15 is 0 Å². The third kappa shape index (κ3) is 5.00. The number of hydrogen-bond acceptors (Lipinski definition) is 7. The minimum absolute atomic E-state index is 0.0350. The van der Waals surface area contributed by atoms with E-state index in [1.165, 1.54) is 0 Å². The van der Waals surface area contributed by atoms with Gasteiger partial charge in [-0.2, -0.15) is 0 Å². The minimum Gasteiger partial charge on any atom is -0.493 e. The number of benzene rings is 2. The lowest BCUT2D eigenvalue weighted by molar-refractivity contribution is -0.0962. The van der Waals surface area contributed by atoms with Crippen LogP contribution in [0.4, 0.5) is 0 Å². The number of methoxy groups -OCH3 is 2. The average Bonchev–Trinajstić information content (AvgIpc) is 2.77. The molecule has 1 saturated heterocycles. The van der Waals surface area contributed by atoms with Crippen molar-refractivity contribution < 1.29 is 29.2 Å². The van der Waals surface area contributed by atoms with Gasteiger partial charge in [-0.05, 0) is 23.8 Å². The van der Waals surface area contributed by atoms with Gasteiger partial charge in [0, 0.05) is 18.7 Å². The summed E-state index contributed by atoms with van der Waals surface area (Å²) >= 11 is 0. The molecule has 1 heterocycles. The predicted octanol–water partition coefficient (Wildman–Crippen LogP) is 2.01. The van der Waals surface area contributed by atoms with Crippen molar-refractivity contribution in [3.8, 4) is 17.2 Å². The summed E-state index contributed by atoms with van der Waals surface area (Å²) in [6.07, 6.45) is -0.354. The molecule has 3 rings (SSSR count). The van der Waals surface area contributed by atoms with Crippen LogP contribution >= 0.6 is 0 Å². The van der Waals surface area contributed by atoms with E-state index in [4.69, 9.17) is 24.1 Å². The molecule has 2 N–H and O–H groups in total. The first-order chi connectivity index (χ1) is 14.2. The fourth-order valence-electron chi connectivity index (χ4n) is 3.73. The number of aliphatic hydroxyl groups excluding tert-OH is 2. The first-order valence-electron chi connectivity index (χ1n) is 9.71. The third-order valence-corrected chi connectivity index (χ3v) is 5.08. The number of morpholine rings is 1. The second-order valence-corrected chi connectivity index (χ2v) is 6.80. The van der Waals surface area contributed by atoms with Crippen LogP contribution < -0.4 is 14.2 Å². The Bertz CT molecular complexity index is 784. The zero-order valence-corrected chi connectivity index (χ0v) is 16.9. The molecule has 0 saturated carbocycles. The number of hydrogen-bond donors (Lipinski definition) is 2. The van der Waals surface area contributed by atoms with E-state index in [1.54, 1.807) is 14.2 Å². The average molecular weight is 403 g/mol. The second kappa shape index (κ2) is 10.5. The molecule has 2 unspecified atom stereocenters. The molecule has 2 aromatic rings. The van der Waals surface area contributed by atoms with Gasteiger partial charge >= 0.3 is 0 Å². The molecule has 0 aromatic heterocycles. The highest BCUT2D eigenvalue weighted by molar-refractivity contribution is 5.44. The molecule has 1 fully saturated rings. The lowest BCUT2D eigenvalue weighted by atomic mass is 9.97. The van der Waals surface area contributed by atoms with Gasteiger partial charge in [0.2, 0.25) is 0 Å². The predicted molar refractivity (Wildman–Crippen MR) is 109 cm³/mol. The van der Waals surface area contributed by atoms with Crippen molar-refractivity contribution in [1.82, 2.24) is 4.90 Å². The molecule has 7 heteroatoms. The monoisotopic (exact) mass is 403 g/mol. The number of rotatable bonds is 9. The first-order valence-corrected chi connectivity index (χ1v) is 9.71. The summed E-state index contributed by atoms with van der Waals surface area (Å²) in [5.41, 5.74) is 2.00. The van der Waals surface area contributed by atoms with Gasteiger partial charge < -0.3 is 29.2 Å². The molecular weight excluding hydrogens is 374 g/mol.